The van der Waals surface area contributed by atoms with Crippen LogP contribution >= 0.6 is 0 Å². The third-order valence-corrected chi connectivity index (χ3v) is 5.44. The van der Waals surface area contributed by atoms with Gasteiger partial charge in [-0.05, 0) is 48.7 Å². The van der Waals surface area contributed by atoms with Crippen LogP contribution in [0.1, 0.15) is 16.8 Å². The van der Waals surface area contributed by atoms with Gasteiger partial charge in [0.2, 0.25) is 0 Å². The molecule has 1 saturated heterocycles. The van der Waals surface area contributed by atoms with Crippen LogP contribution in [0.3, 0.4) is 0 Å². The molecule has 3 aromatic rings. The van der Waals surface area contributed by atoms with Crippen LogP contribution in [-0.2, 0) is 0 Å². The zero-order valence-corrected chi connectivity index (χ0v) is 16.5. The van der Waals surface area contributed by atoms with Crippen molar-refractivity contribution < 1.29 is 9.90 Å². The maximum Gasteiger partial charge on any atom is 0.253 e. The van der Waals surface area contributed by atoms with Crippen molar-refractivity contribution in [3.05, 3.63) is 78.5 Å². The smallest absolute Gasteiger partial charge is 0.253 e. The normalized spacial score (nSPS) is 16.0. The lowest BCUT2D eigenvalue weighted by molar-refractivity contribution is 0.0776. The molecule has 1 aromatic heterocycles. The molecular formula is C24H25N3O2. The van der Waals surface area contributed by atoms with Crippen molar-refractivity contribution in [2.45, 2.75) is 6.42 Å². The monoisotopic (exact) mass is 387 g/mol. The number of para-hydroxylation sites is 1. The number of hydrogen-bond donors (Lipinski definition) is 1. The molecule has 1 aliphatic rings. The van der Waals surface area contributed by atoms with Crippen LogP contribution in [0.5, 0.6) is 5.75 Å². The highest BCUT2D eigenvalue weighted by Crippen LogP contribution is 2.25. The van der Waals surface area contributed by atoms with Gasteiger partial charge in [0, 0.05) is 43.5 Å². The average molecular weight is 387 g/mol. The summed E-state index contributed by atoms with van der Waals surface area (Å²) in [6.07, 6.45) is 2.50. The summed E-state index contributed by atoms with van der Waals surface area (Å²) in [5, 5.41) is 9.42. The second kappa shape index (κ2) is 8.35. The van der Waals surface area contributed by atoms with Gasteiger partial charge in [-0.15, -0.1) is 0 Å². The van der Waals surface area contributed by atoms with E-state index in [1.165, 1.54) is 11.9 Å². The molecule has 148 valence electrons. The van der Waals surface area contributed by atoms with Crippen LogP contribution in [0.4, 0.5) is 5.69 Å². The summed E-state index contributed by atoms with van der Waals surface area (Å²) in [4.78, 5) is 21.4. The molecule has 2 aromatic carbocycles. The quantitative estimate of drug-likeness (QED) is 0.718. The minimum Gasteiger partial charge on any atom is -0.506 e. The van der Waals surface area contributed by atoms with Gasteiger partial charge >= 0.3 is 0 Å². The lowest BCUT2D eigenvalue weighted by Gasteiger charge is -2.23. The van der Waals surface area contributed by atoms with Crippen molar-refractivity contribution in [3.63, 3.8) is 0 Å². The number of nitrogens with zero attached hydrogens (tertiary/aromatic N) is 3. The third kappa shape index (κ3) is 4.40. The molecule has 1 unspecified atom stereocenters. The van der Waals surface area contributed by atoms with Crippen molar-refractivity contribution in [1.29, 1.82) is 0 Å². The molecule has 0 bridgehead atoms. The van der Waals surface area contributed by atoms with Crippen LogP contribution in [0, 0.1) is 5.92 Å². The van der Waals surface area contributed by atoms with E-state index in [4.69, 9.17) is 0 Å². The first-order chi connectivity index (χ1) is 14.1. The molecule has 2 heterocycles. The molecule has 1 amide bonds. The van der Waals surface area contributed by atoms with E-state index in [0.29, 0.717) is 11.5 Å². The van der Waals surface area contributed by atoms with E-state index in [1.807, 2.05) is 42.3 Å². The fourth-order valence-corrected chi connectivity index (χ4v) is 3.91. The number of benzene rings is 2. The first-order valence-electron chi connectivity index (χ1n) is 9.91. The van der Waals surface area contributed by atoms with Crippen molar-refractivity contribution in [2.75, 3.05) is 31.6 Å². The number of carbonyl (C=O) groups excluding carboxylic acids is 1. The Morgan fingerprint density at radius 3 is 2.72 bits per heavy atom. The Bertz CT molecular complexity index is 973. The number of aromatic nitrogens is 1. The summed E-state index contributed by atoms with van der Waals surface area (Å²) in [5.41, 5.74) is 3.49. The van der Waals surface area contributed by atoms with Gasteiger partial charge in [0.05, 0.1) is 11.9 Å². The Labute approximate surface area is 171 Å². The van der Waals surface area contributed by atoms with Gasteiger partial charge in [-0.3, -0.25) is 9.78 Å². The highest BCUT2D eigenvalue weighted by Gasteiger charge is 2.25. The average Bonchev–Trinajstić information content (AvgIpc) is 3.23. The van der Waals surface area contributed by atoms with E-state index in [1.54, 1.807) is 12.1 Å². The second-order valence-electron chi connectivity index (χ2n) is 7.60. The molecule has 0 aliphatic carbocycles. The van der Waals surface area contributed by atoms with Crippen LogP contribution in [-0.4, -0.2) is 47.6 Å². The van der Waals surface area contributed by atoms with Gasteiger partial charge < -0.3 is 14.9 Å². The summed E-state index contributed by atoms with van der Waals surface area (Å²) in [7, 11) is 1.87. The van der Waals surface area contributed by atoms with Gasteiger partial charge in [-0.25, -0.2) is 0 Å². The molecule has 0 spiro atoms. The topological polar surface area (TPSA) is 56.7 Å². The maximum absolute atomic E-state index is 13.0. The molecule has 4 rings (SSSR count). The number of pyridine rings is 1. The van der Waals surface area contributed by atoms with E-state index >= 15 is 0 Å². The summed E-state index contributed by atoms with van der Waals surface area (Å²) in [5.74, 6) is 0.608. The van der Waals surface area contributed by atoms with E-state index in [9.17, 15) is 9.90 Å². The predicted octanol–water partition coefficient (Wildman–Crippen LogP) is 4.05. The van der Waals surface area contributed by atoms with Crippen LogP contribution < -0.4 is 4.90 Å². The van der Waals surface area contributed by atoms with Gasteiger partial charge in [0.25, 0.3) is 5.91 Å². The Morgan fingerprint density at radius 1 is 1.14 bits per heavy atom. The third-order valence-electron chi connectivity index (χ3n) is 5.44. The molecule has 5 heteroatoms. The molecule has 1 atom stereocenters. The SMILES string of the molecule is CN(CC1CCN(c2ccccc2)C1)C(=O)c1cccc(-c2ccc(O)cn2)c1. The Hall–Kier alpha value is -3.34. The largest absolute Gasteiger partial charge is 0.506 e. The Kier molecular flexibility index (Phi) is 5.47. The molecule has 0 saturated carbocycles. The number of carbonyl (C=O) groups is 1. The number of amides is 1. The number of rotatable bonds is 5. The lowest BCUT2D eigenvalue weighted by atomic mass is 10.1. The van der Waals surface area contributed by atoms with Crippen LogP contribution in [0.2, 0.25) is 0 Å². The summed E-state index contributed by atoms with van der Waals surface area (Å²) >= 11 is 0. The van der Waals surface area contributed by atoms with E-state index in [0.717, 1.165) is 37.3 Å². The molecule has 29 heavy (non-hydrogen) atoms. The molecule has 5 nitrogen and oxygen atoms in total. The van der Waals surface area contributed by atoms with Crippen molar-refractivity contribution in [2.24, 2.45) is 5.92 Å². The number of aromatic hydroxyl groups is 1. The van der Waals surface area contributed by atoms with Gasteiger partial charge in [-0.1, -0.05) is 30.3 Å². The fourth-order valence-electron chi connectivity index (χ4n) is 3.91. The van der Waals surface area contributed by atoms with Gasteiger partial charge in [0.1, 0.15) is 5.75 Å². The van der Waals surface area contributed by atoms with Gasteiger partial charge in [-0.2, -0.15) is 0 Å². The first kappa shape index (κ1) is 19.0. The minimum atomic E-state index is 0.0174. The predicted molar refractivity (Wildman–Crippen MR) is 115 cm³/mol. The molecule has 1 fully saturated rings. The summed E-state index contributed by atoms with van der Waals surface area (Å²) in [6.45, 7) is 2.74. The fraction of sp³-hybridized carbons (Fsp3) is 0.250. The maximum atomic E-state index is 13.0. The molecule has 0 radical (unpaired) electrons. The minimum absolute atomic E-state index is 0.0174. The highest BCUT2D eigenvalue weighted by atomic mass is 16.3. The van der Waals surface area contributed by atoms with Gasteiger partial charge in [0.15, 0.2) is 0 Å². The van der Waals surface area contributed by atoms with E-state index < -0.39 is 0 Å². The van der Waals surface area contributed by atoms with Crippen LogP contribution in [0.25, 0.3) is 11.3 Å². The second-order valence-corrected chi connectivity index (χ2v) is 7.60. The van der Waals surface area contributed by atoms with E-state index in [2.05, 4.69) is 34.1 Å². The first-order valence-corrected chi connectivity index (χ1v) is 9.91. The summed E-state index contributed by atoms with van der Waals surface area (Å²) < 4.78 is 0. The van der Waals surface area contributed by atoms with Crippen LogP contribution in [0.15, 0.2) is 72.9 Å². The zero-order valence-electron chi connectivity index (χ0n) is 16.5. The molecular weight excluding hydrogens is 362 g/mol. The van der Waals surface area contributed by atoms with Crippen molar-refractivity contribution >= 4 is 11.6 Å². The van der Waals surface area contributed by atoms with Crippen molar-refractivity contribution in [3.8, 4) is 17.0 Å². The van der Waals surface area contributed by atoms with Crippen molar-refractivity contribution in [1.82, 2.24) is 9.88 Å². The highest BCUT2D eigenvalue weighted by molar-refractivity contribution is 5.95. The Morgan fingerprint density at radius 2 is 1.97 bits per heavy atom. The lowest BCUT2D eigenvalue weighted by Crippen LogP contribution is -2.33. The Balaban J connectivity index is 1.41. The van der Waals surface area contributed by atoms with E-state index in [-0.39, 0.29) is 11.7 Å². The number of hydrogen-bond acceptors (Lipinski definition) is 4. The standard InChI is InChI=1S/C24H25N3O2/c1-26(16-18-12-13-27(17-18)21-8-3-2-4-9-21)24(29)20-7-5-6-19(14-20)23-11-10-22(28)15-25-23/h2-11,14-15,18,28H,12-13,16-17H2,1H3. The molecule has 1 N–H and O–H groups in total. The molecule has 1 aliphatic heterocycles. The summed E-state index contributed by atoms with van der Waals surface area (Å²) in [6, 6.07) is 21.3. The number of anilines is 1. The zero-order chi connectivity index (χ0) is 20.2.